The van der Waals surface area contributed by atoms with Crippen molar-refractivity contribution in [2.75, 3.05) is 5.33 Å². The van der Waals surface area contributed by atoms with E-state index in [2.05, 4.69) is 29.8 Å². The van der Waals surface area contributed by atoms with Gasteiger partial charge in [0.15, 0.2) is 0 Å². The lowest BCUT2D eigenvalue weighted by molar-refractivity contribution is -0.384. The van der Waals surface area contributed by atoms with Crippen LogP contribution < -0.4 is 0 Å². The van der Waals surface area contributed by atoms with Gasteiger partial charge in [0, 0.05) is 17.5 Å². The molecule has 0 heterocycles. The lowest BCUT2D eigenvalue weighted by Crippen LogP contribution is -2.16. The third-order valence-corrected chi connectivity index (χ3v) is 3.71. The maximum absolute atomic E-state index is 10.5. The number of nitro benzene ring substituents is 1. The van der Waals surface area contributed by atoms with E-state index in [4.69, 9.17) is 0 Å². The first kappa shape index (κ1) is 12.2. The molecule has 0 saturated heterocycles. The third-order valence-electron chi connectivity index (χ3n) is 2.19. The van der Waals surface area contributed by atoms with Crippen LogP contribution in [0.25, 0.3) is 0 Å². The summed E-state index contributed by atoms with van der Waals surface area (Å²) in [7, 11) is 0. The van der Waals surface area contributed by atoms with Gasteiger partial charge in [0.1, 0.15) is 0 Å². The van der Waals surface area contributed by atoms with Crippen LogP contribution in [0.2, 0.25) is 0 Å². The molecule has 0 fully saturated rings. The molecular weight excluding hydrogens is 258 g/mol. The molecule has 0 atom stereocenters. The van der Waals surface area contributed by atoms with Crippen molar-refractivity contribution in [3.63, 3.8) is 0 Å². The summed E-state index contributed by atoms with van der Waals surface area (Å²) < 4.78 is 0. The standard InChI is InChI=1S/C11H14BrNO2/c1-11(2,8-12)7-9-3-5-10(6-4-9)13(14)15/h3-6H,7-8H2,1-2H3. The Balaban J connectivity index is 2.77. The van der Waals surface area contributed by atoms with Gasteiger partial charge in [-0.2, -0.15) is 0 Å². The maximum atomic E-state index is 10.5. The first-order valence-corrected chi connectivity index (χ1v) is 5.86. The van der Waals surface area contributed by atoms with Crippen molar-refractivity contribution in [2.45, 2.75) is 20.3 Å². The topological polar surface area (TPSA) is 43.1 Å². The fourth-order valence-corrected chi connectivity index (χ4v) is 1.53. The second kappa shape index (κ2) is 4.75. The summed E-state index contributed by atoms with van der Waals surface area (Å²) in [5.74, 6) is 0. The fourth-order valence-electron chi connectivity index (χ4n) is 1.34. The number of hydrogen-bond donors (Lipinski definition) is 0. The molecule has 0 saturated carbocycles. The molecule has 0 bridgehead atoms. The SMILES string of the molecule is CC(C)(CBr)Cc1ccc([N+](=O)[O-])cc1. The molecule has 0 unspecified atom stereocenters. The molecule has 82 valence electrons. The largest absolute Gasteiger partial charge is 0.269 e. The highest BCUT2D eigenvalue weighted by Crippen LogP contribution is 2.25. The van der Waals surface area contributed by atoms with Crippen LogP contribution in [0.3, 0.4) is 0 Å². The van der Waals surface area contributed by atoms with Crippen molar-refractivity contribution >= 4 is 21.6 Å². The van der Waals surface area contributed by atoms with E-state index in [-0.39, 0.29) is 16.0 Å². The van der Waals surface area contributed by atoms with Gasteiger partial charge in [0.2, 0.25) is 0 Å². The molecule has 4 heteroatoms. The number of nitrogens with zero attached hydrogens (tertiary/aromatic N) is 1. The van der Waals surface area contributed by atoms with E-state index in [1.807, 2.05) is 12.1 Å². The second-order valence-corrected chi connectivity index (χ2v) is 4.96. The van der Waals surface area contributed by atoms with Crippen LogP contribution in [0.5, 0.6) is 0 Å². The normalized spacial score (nSPS) is 11.4. The Morgan fingerprint density at radius 3 is 2.27 bits per heavy atom. The number of alkyl halides is 1. The van der Waals surface area contributed by atoms with Crippen LogP contribution in [-0.4, -0.2) is 10.3 Å². The lowest BCUT2D eigenvalue weighted by atomic mass is 9.88. The van der Waals surface area contributed by atoms with E-state index in [0.717, 1.165) is 17.3 Å². The average molecular weight is 272 g/mol. The van der Waals surface area contributed by atoms with Gasteiger partial charge < -0.3 is 0 Å². The second-order valence-electron chi connectivity index (χ2n) is 4.40. The van der Waals surface area contributed by atoms with E-state index < -0.39 is 0 Å². The molecule has 0 aliphatic rings. The summed E-state index contributed by atoms with van der Waals surface area (Å²) in [5.41, 5.74) is 1.45. The zero-order chi connectivity index (χ0) is 11.5. The van der Waals surface area contributed by atoms with Crippen LogP contribution >= 0.6 is 15.9 Å². The first-order chi connectivity index (χ1) is 6.94. The molecule has 0 aromatic heterocycles. The average Bonchev–Trinajstić information content (AvgIpc) is 2.18. The Morgan fingerprint density at radius 2 is 1.87 bits per heavy atom. The molecule has 15 heavy (non-hydrogen) atoms. The first-order valence-electron chi connectivity index (χ1n) is 4.74. The number of rotatable bonds is 4. The van der Waals surface area contributed by atoms with Crippen molar-refractivity contribution in [2.24, 2.45) is 5.41 Å². The smallest absolute Gasteiger partial charge is 0.258 e. The minimum absolute atomic E-state index is 0.149. The molecule has 0 aliphatic heterocycles. The molecule has 0 radical (unpaired) electrons. The van der Waals surface area contributed by atoms with Gasteiger partial charge in [0.05, 0.1) is 4.92 Å². The van der Waals surface area contributed by atoms with E-state index in [0.29, 0.717) is 0 Å². The number of hydrogen-bond acceptors (Lipinski definition) is 2. The number of halogens is 1. The fraction of sp³-hybridized carbons (Fsp3) is 0.455. The van der Waals surface area contributed by atoms with E-state index >= 15 is 0 Å². The molecule has 1 rings (SSSR count). The molecule has 1 aromatic carbocycles. The van der Waals surface area contributed by atoms with Crippen molar-refractivity contribution < 1.29 is 4.92 Å². The monoisotopic (exact) mass is 271 g/mol. The predicted molar refractivity (Wildman–Crippen MR) is 64.4 cm³/mol. The molecule has 0 amide bonds. The molecule has 0 aliphatic carbocycles. The van der Waals surface area contributed by atoms with Gasteiger partial charge in [0.25, 0.3) is 5.69 Å². The van der Waals surface area contributed by atoms with Crippen molar-refractivity contribution in [3.05, 3.63) is 39.9 Å². The van der Waals surface area contributed by atoms with Crippen molar-refractivity contribution in [1.29, 1.82) is 0 Å². The summed E-state index contributed by atoms with van der Waals surface area (Å²) in [6, 6.07) is 6.75. The molecular formula is C11H14BrNO2. The predicted octanol–water partition coefficient (Wildman–Crippen LogP) is 3.56. The Kier molecular flexibility index (Phi) is 3.85. The highest BCUT2D eigenvalue weighted by atomic mass is 79.9. The van der Waals surface area contributed by atoms with Gasteiger partial charge in [-0.1, -0.05) is 41.9 Å². The van der Waals surface area contributed by atoms with Gasteiger partial charge in [-0.3, -0.25) is 10.1 Å². The molecule has 0 N–H and O–H groups in total. The van der Waals surface area contributed by atoms with Gasteiger partial charge >= 0.3 is 0 Å². The molecule has 3 nitrogen and oxygen atoms in total. The zero-order valence-corrected chi connectivity index (χ0v) is 10.5. The summed E-state index contributed by atoms with van der Waals surface area (Å²) in [4.78, 5) is 10.1. The summed E-state index contributed by atoms with van der Waals surface area (Å²) in [6.07, 6.45) is 0.913. The van der Waals surface area contributed by atoms with E-state index in [1.165, 1.54) is 0 Å². The Labute approximate surface area is 97.8 Å². The molecule has 1 aromatic rings. The van der Waals surface area contributed by atoms with Gasteiger partial charge in [-0.25, -0.2) is 0 Å². The van der Waals surface area contributed by atoms with E-state index in [9.17, 15) is 10.1 Å². The number of nitro groups is 1. The van der Waals surface area contributed by atoms with Gasteiger partial charge in [-0.05, 0) is 17.4 Å². The van der Waals surface area contributed by atoms with Crippen LogP contribution in [-0.2, 0) is 6.42 Å². The quantitative estimate of drug-likeness (QED) is 0.478. The van der Waals surface area contributed by atoms with Gasteiger partial charge in [-0.15, -0.1) is 0 Å². The Hall–Kier alpha value is -0.900. The lowest BCUT2D eigenvalue weighted by Gasteiger charge is -2.21. The third kappa shape index (κ3) is 3.63. The van der Waals surface area contributed by atoms with Crippen molar-refractivity contribution in [1.82, 2.24) is 0 Å². The summed E-state index contributed by atoms with van der Waals surface area (Å²) >= 11 is 3.46. The maximum Gasteiger partial charge on any atom is 0.269 e. The minimum Gasteiger partial charge on any atom is -0.258 e. The van der Waals surface area contributed by atoms with Crippen LogP contribution in [0.4, 0.5) is 5.69 Å². The Bertz CT molecular complexity index is 346. The van der Waals surface area contributed by atoms with E-state index in [1.54, 1.807) is 12.1 Å². The highest BCUT2D eigenvalue weighted by molar-refractivity contribution is 9.09. The Morgan fingerprint density at radius 1 is 1.33 bits per heavy atom. The van der Waals surface area contributed by atoms with Crippen LogP contribution in [0, 0.1) is 15.5 Å². The number of non-ortho nitro benzene ring substituents is 1. The minimum atomic E-state index is -0.376. The number of benzene rings is 1. The molecule has 0 spiro atoms. The summed E-state index contributed by atoms with van der Waals surface area (Å²) in [6.45, 7) is 4.31. The van der Waals surface area contributed by atoms with Crippen LogP contribution in [0.1, 0.15) is 19.4 Å². The highest BCUT2D eigenvalue weighted by Gasteiger charge is 2.17. The zero-order valence-electron chi connectivity index (χ0n) is 8.87. The summed E-state index contributed by atoms with van der Waals surface area (Å²) in [5, 5.41) is 11.4. The van der Waals surface area contributed by atoms with Crippen LogP contribution in [0.15, 0.2) is 24.3 Å². The van der Waals surface area contributed by atoms with Crippen molar-refractivity contribution in [3.8, 4) is 0 Å².